The van der Waals surface area contributed by atoms with E-state index in [9.17, 15) is 14.4 Å². The molecule has 1 unspecified atom stereocenters. The largest absolute Gasteiger partial charge is 0.341 e. The SMILES string of the molecule is CCCN(CC1CC1)C(=O)CN1C(=O)NC(Cc2ccccc2)C1=O. The van der Waals surface area contributed by atoms with Gasteiger partial charge in [0.2, 0.25) is 5.91 Å². The number of nitrogens with one attached hydrogen (secondary N) is 1. The van der Waals surface area contributed by atoms with Crippen LogP contribution >= 0.6 is 0 Å². The van der Waals surface area contributed by atoms with Gasteiger partial charge in [0.05, 0.1) is 0 Å². The smallest absolute Gasteiger partial charge is 0.325 e. The number of carbonyl (C=O) groups is 3. The van der Waals surface area contributed by atoms with Crippen molar-refractivity contribution in [3.05, 3.63) is 35.9 Å². The van der Waals surface area contributed by atoms with E-state index in [1.165, 1.54) is 0 Å². The molecule has 3 rings (SSSR count). The Labute approximate surface area is 148 Å². The molecule has 1 saturated carbocycles. The lowest BCUT2D eigenvalue weighted by Crippen LogP contribution is -2.44. The Morgan fingerprint density at radius 1 is 1.24 bits per heavy atom. The average Bonchev–Trinajstić information content (AvgIpc) is 3.38. The molecule has 1 N–H and O–H groups in total. The number of hydrogen-bond donors (Lipinski definition) is 1. The molecule has 0 spiro atoms. The summed E-state index contributed by atoms with van der Waals surface area (Å²) in [5.74, 6) is 0.132. The number of urea groups is 1. The van der Waals surface area contributed by atoms with Gasteiger partial charge in [-0.3, -0.25) is 14.5 Å². The molecule has 1 aliphatic carbocycles. The predicted octanol–water partition coefficient (Wildman–Crippen LogP) is 1.80. The van der Waals surface area contributed by atoms with Crippen LogP contribution in [-0.4, -0.2) is 53.3 Å². The van der Waals surface area contributed by atoms with Gasteiger partial charge >= 0.3 is 6.03 Å². The van der Waals surface area contributed by atoms with Crippen molar-refractivity contribution < 1.29 is 14.4 Å². The molecule has 4 amide bonds. The van der Waals surface area contributed by atoms with E-state index in [-0.39, 0.29) is 18.4 Å². The highest BCUT2D eigenvalue weighted by Gasteiger charge is 2.39. The first-order valence-electron chi connectivity index (χ1n) is 9.02. The minimum atomic E-state index is -0.592. The lowest BCUT2D eigenvalue weighted by Gasteiger charge is -2.24. The molecule has 1 aliphatic heterocycles. The van der Waals surface area contributed by atoms with E-state index in [2.05, 4.69) is 5.32 Å². The summed E-state index contributed by atoms with van der Waals surface area (Å²) in [6, 6.07) is 8.49. The van der Waals surface area contributed by atoms with E-state index in [4.69, 9.17) is 0 Å². The molecule has 6 heteroatoms. The van der Waals surface area contributed by atoms with Crippen molar-refractivity contribution >= 4 is 17.8 Å². The monoisotopic (exact) mass is 343 g/mol. The number of hydrogen-bond acceptors (Lipinski definition) is 3. The summed E-state index contributed by atoms with van der Waals surface area (Å²) in [4.78, 5) is 40.1. The summed E-state index contributed by atoms with van der Waals surface area (Å²) in [6.07, 6.45) is 3.64. The van der Waals surface area contributed by atoms with Crippen LogP contribution in [-0.2, 0) is 16.0 Å². The van der Waals surface area contributed by atoms with Crippen molar-refractivity contribution in [2.75, 3.05) is 19.6 Å². The molecular weight excluding hydrogens is 318 g/mol. The van der Waals surface area contributed by atoms with Gasteiger partial charge in [-0.1, -0.05) is 37.3 Å². The highest BCUT2D eigenvalue weighted by atomic mass is 16.2. The van der Waals surface area contributed by atoms with Crippen LogP contribution in [0.2, 0.25) is 0 Å². The fraction of sp³-hybridized carbons (Fsp3) is 0.526. The number of carbonyl (C=O) groups excluding carboxylic acids is 3. The predicted molar refractivity (Wildman–Crippen MR) is 93.8 cm³/mol. The van der Waals surface area contributed by atoms with E-state index in [1.54, 1.807) is 4.90 Å². The van der Waals surface area contributed by atoms with Crippen LogP contribution < -0.4 is 5.32 Å². The number of amides is 4. The molecule has 0 aromatic heterocycles. The number of imide groups is 1. The second-order valence-electron chi connectivity index (χ2n) is 6.90. The second-order valence-corrected chi connectivity index (χ2v) is 6.90. The molecule has 1 saturated heterocycles. The molecule has 1 heterocycles. The van der Waals surface area contributed by atoms with Crippen molar-refractivity contribution in [2.45, 2.75) is 38.6 Å². The summed E-state index contributed by atoms with van der Waals surface area (Å²) in [5, 5.41) is 2.70. The normalized spacial score (nSPS) is 19.9. The van der Waals surface area contributed by atoms with Crippen molar-refractivity contribution in [1.29, 1.82) is 0 Å². The Morgan fingerprint density at radius 2 is 1.96 bits per heavy atom. The summed E-state index contributed by atoms with van der Waals surface area (Å²) in [7, 11) is 0. The van der Waals surface area contributed by atoms with E-state index in [0.717, 1.165) is 36.3 Å². The molecule has 6 nitrogen and oxygen atoms in total. The summed E-state index contributed by atoms with van der Waals surface area (Å²) < 4.78 is 0. The molecule has 0 bridgehead atoms. The lowest BCUT2D eigenvalue weighted by molar-refractivity contribution is -0.137. The quantitative estimate of drug-likeness (QED) is 0.732. The number of benzene rings is 1. The Bertz CT molecular complexity index is 643. The van der Waals surface area contributed by atoms with Crippen LogP contribution in [0, 0.1) is 5.92 Å². The number of nitrogens with zero attached hydrogens (tertiary/aromatic N) is 2. The Balaban J connectivity index is 1.60. The van der Waals surface area contributed by atoms with Crippen LogP contribution in [0.3, 0.4) is 0 Å². The van der Waals surface area contributed by atoms with Gasteiger partial charge in [-0.15, -0.1) is 0 Å². The van der Waals surface area contributed by atoms with Gasteiger partial charge < -0.3 is 10.2 Å². The zero-order chi connectivity index (χ0) is 17.8. The van der Waals surface area contributed by atoms with Gasteiger partial charge in [0.15, 0.2) is 0 Å². The molecule has 2 fully saturated rings. The van der Waals surface area contributed by atoms with Crippen molar-refractivity contribution in [3.8, 4) is 0 Å². The molecule has 2 aliphatic rings. The van der Waals surface area contributed by atoms with Crippen LogP contribution in [0.5, 0.6) is 0 Å². The Kier molecular flexibility index (Phi) is 5.36. The van der Waals surface area contributed by atoms with E-state index in [0.29, 0.717) is 18.9 Å². The Hall–Kier alpha value is -2.37. The first kappa shape index (κ1) is 17.5. The molecular formula is C19H25N3O3. The molecule has 1 aromatic carbocycles. The van der Waals surface area contributed by atoms with Gasteiger partial charge in [0.25, 0.3) is 5.91 Å². The third kappa shape index (κ3) is 4.38. The lowest BCUT2D eigenvalue weighted by atomic mass is 10.1. The van der Waals surface area contributed by atoms with E-state index >= 15 is 0 Å². The molecule has 1 aromatic rings. The summed E-state index contributed by atoms with van der Waals surface area (Å²) >= 11 is 0. The minimum Gasteiger partial charge on any atom is -0.341 e. The van der Waals surface area contributed by atoms with Crippen LogP contribution in [0.25, 0.3) is 0 Å². The standard InChI is InChI=1S/C19H25N3O3/c1-2-10-21(12-15-8-9-15)17(23)13-22-18(24)16(20-19(22)25)11-14-6-4-3-5-7-14/h3-7,15-16H,2,8-13H2,1H3,(H,20,25). The second kappa shape index (κ2) is 7.68. The van der Waals surface area contributed by atoms with Gasteiger partial charge in [0, 0.05) is 19.5 Å². The van der Waals surface area contributed by atoms with Crippen molar-refractivity contribution in [3.63, 3.8) is 0 Å². The first-order chi connectivity index (χ1) is 12.1. The highest BCUT2D eigenvalue weighted by Crippen LogP contribution is 2.29. The molecule has 25 heavy (non-hydrogen) atoms. The Morgan fingerprint density at radius 3 is 2.60 bits per heavy atom. The fourth-order valence-corrected chi connectivity index (χ4v) is 3.15. The zero-order valence-electron chi connectivity index (χ0n) is 14.6. The third-order valence-corrected chi connectivity index (χ3v) is 4.70. The average molecular weight is 343 g/mol. The zero-order valence-corrected chi connectivity index (χ0v) is 14.6. The van der Waals surface area contributed by atoms with Crippen LogP contribution in [0.15, 0.2) is 30.3 Å². The van der Waals surface area contributed by atoms with Crippen molar-refractivity contribution in [1.82, 2.24) is 15.1 Å². The third-order valence-electron chi connectivity index (χ3n) is 4.70. The maximum Gasteiger partial charge on any atom is 0.325 e. The topological polar surface area (TPSA) is 69.7 Å². The highest BCUT2D eigenvalue weighted by molar-refractivity contribution is 6.06. The van der Waals surface area contributed by atoms with Gasteiger partial charge in [-0.2, -0.15) is 0 Å². The fourth-order valence-electron chi connectivity index (χ4n) is 3.15. The molecule has 134 valence electrons. The van der Waals surface area contributed by atoms with Gasteiger partial charge in [0.1, 0.15) is 12.6 Å². The van der Waals surface area contributed by atoms with Crippen LogP contribution in [0.1, 0.15) is 31.7 Å². The summed E-state index contributed by atoms with van der Waals surface area (Å²) in [6.45, 7) is 3.27. The number of rotatable bonds is 8. The maximum atomic E-state index is 12.6. The molecule has 0 radical (unpaired) electrons. The minimum absolute atomic E-state index is 0.141. The maximum absolute atomic E-state index is 12.6. The van der Waals surface area contributed by atoms with Crippen LogP contribution in [0.4, 0.5) is 4.79 Å². The van der Waals surface area contributed by atoms with E-state index < -0.39 is 12.1 Å². The van der Waals surface area contributed by atoms with Gasteiger partial charge in [-0.05, 0) is 30.7 Å². The van der Waals surface area contributed by atoms with Gasteiger partial charge in [-0.25, -0.2) is 4.79 Å². The summed E-state index contributed by atoms with van der Waals surface area (Å²) in [5.41, 5.74) is 0.982. The first-order valence-corrected chi connectivity index (χ1v) is 9.02. The van der Waals surface area contributed by atoms with Crippen molar-refractivity contribution in [2.24, 2.45) is 5.92 Å². The molecule has 1 atom stereocenters. The van der Waals surface area contributed by atoms with E-state index in [1.807, 2.05) is 37.3 Å².